The van der Waals surface area contributed by atoms with Crippen LogP contribution in [0.3, 0.4) is 0 Å². The molecule has 0 atom stereocenters. The first-order valence-electron chi connectivity index (χ1n) is 8.67. The van der Waals surface area contributed by atoms with Gasteiger partial charge in [-0.3, -0.25) is 4.90 Å². The normalized spacial score (nSPS) is 15.2. The van der Waals surface area contributed by atoms with Crippen molar-refractivity contribution in [3.8, 4) is 17.1 Å². The summed E-state index contributed by atoms with van der Waals surface area (Å²) >= 11 is 0. The van der Waals surface area contributed by atoms with Crippen molar-refractivity contribution in [3.63, 3.8) is 0 Å². The average Bonchev–Trinajstić information content (AvgIpc) is 3.18. The van der Waals surface area contributed by atoms with Gasteiger partial charge in [0.1, 0.15) is 11.6 Å². The summed E-state index contributed by atoms with van der Waals surface area (Å²) in [6, 6.07) is 13.7. The van der Waals surface area contributed by atoms with Crippen LogP contribution in [0, 0.1) is 0 Å². The molecular formula is C19H21N5O2. The van der Waals surface area contributed by atoms with E-state index in [9.17, 15) is 0 Å². The van der Waals surface area contributed by atoms with Crippen LogP contribution < -0.4 is 9.64 Å². The van der Waals surface area contributed by atoms with E-state index in [0.29, 0.717) is 18.3 Å². The largest absolute Gasteiger partial charge is 0.497 e. The second-order valence-corrected chi connectivity index (χ2v) is 6.19. The molecule has 0 saturated carbocycles. The fraction of sp³-hybridized carbons (Fsp3) is 0.316. The standard InChI is InChI=1S/C19H21N5O2/c1-25-16-6-4-5-15(13-16)19-21-18(26-22-19)14-23-9-11-24(12-10-23)17-7-2-3-8-20-17/h2-8,13H,9-12,14H2,1H3. The summed E-state index contributed by atoms with van der Waals surface area (Å²) in [6.45, 7) is 4.41. The van der Waals surface area contributed by atoms with E-state index in [0.717, 1.165) is 43.3 Å². The number of benzene rings is 1. The lowest BCUT2D eigenvalue weighted by Gasteiger charge is -2.34. The Balaban J connectivity index is 1.36. The van der Waals surface area contributed by atoms with E-state index in [2.05, 4.69) is 24.9 Å². The second-order valence-electron chi connectivity index (χ2n) is 6.19. The van der Waals surface area contributed by atoms with Crippen molar-refractivity contribution in [1.82, 2.24) is 20.0 Å². The summed E-state index contributed by atoms with van der Waals surface area (Å²) in [4.78, 5) is 13.6. The lowest BCUT2D eigenvalue weighted by atomic mass is 10.2. The van der Waals surface area contributed by atoms with E-state index in [4.69, 9.17) is 9.26 Å². The number of methoxy groups -OCH3 is 1. The lowest BCUT2D eigenvalue weighted by molar-refractivity contribution is 0.215. The van der Waals surface area contributed by atoms with Crippen LogP contribution in [0.1, 0.15) is 5.89 Å². The maximum atomic E-state index is 5.44. The summed E-state index contributed by atoms with van der Waals surface area (Å²) in [7, 11) is 1.64. The molecule has 1 aromatic carbocycles. The van der Waals surface area contributed by atoms with Gasteiger partial charge >= 0.3 is 0 Å². The maximum absolute atomic E-state index is 5.44. The third-order valence-electron chi connectivity index (χ3n) is 4.50. The summed E-state index contributed by atoms with van der Waals surface area (Å²) in [5.74, 6) is 3.03. The zero-order chi connectivity index (χ0) is 17.8. The van der Waals surface area contributed by atoms with Gasteiger partial charge in [-0.2, -0.15) is 4.98 Å². The molecule has 0 aliphatic carbocycles. The molecule has 1 fully saturated rings. The van der Waals surface area contributed by atoms with E-state index in [-0.39, 0.29) is 0 Å². The van der Waals surface area contributed by atoms with Crippen LogP contribution in [-0.2, 0) is 6.54 Å². The monoisotopic (exact) mass is 351 g/mol. The van der Waals surface area contributed by atoms with Gasteiger partial charge in [-0.1, -0.05) is 23.4 Å². The van der Waals surface area contributed by atoms with Gasteiger partial charge < -0.3 is 14.2 Å². The molecule has 3 heterocycles. The molecule has 3 aromatic rings. The Morgan fingerprint density at radius 3 is 2.73 bits per heavy atom. The van der Waals surface area contributed by atoms with Gasteiger partial charge in [0.2, 0.25) is 11.7 Å². The van der Waals surface area contributed by atoms with Crippen LogP contribution >= 0.6 is 0 Å². The molecule has 0 unspecified atom stereocenters. The third-order valence-corrected chi connectivity index (χ3v) is 4.50. The summed E-state index contributed by atoms with van der Waals surface area (Å²) in [5, 5.41) is 4.10. The molecule has 0 amide bonds. The molecule has 26 heavy (non-hydrogen) atoms. The average molecular weight is 351 g/mol. The van der Waals surface area contributed by atoms with Crippen molar-refractivity contribution in [2.75, 3.05) is 38.2 Å². The van der Waals surface area contributed by atoms with Gasteiger partial charge in [0.25, 0.3) is 0 Å². The van der Waals surface area contributed by atoms with Crippen molar-refractivity contribution >= 4 is 5.82 Å². The molecule has 0 bridgehead atoms. The first-order chi connectivity index (χ1) is 12.8. The van der Waals surface area contributed by atoms with Gasteiger partial charge in [0, 0.05) is 37.9 Å². The van der Waals surface area contributed by atoms with Crippen LogP contribution in [-0.4, -0.2) is 53.3 Å². The van der Waals surface area contributed by atoms with Crippen LogP contribution in [0.25, 0.3) is 11.4 Å². The van der Waals surface area contributed by atoms with Crippen molar-refractivity contribution in [2.24, 2.45) is 0 Å². The minimum Gasteiger partial charge on any atom is -0.497 e. The van der Waals surface area contributed by atoms with E-state index in [1.807, 2.05) is 48.7 Å². The molecule has 1 saturated heterocycles. The second kappa shape index (κ2) is 7.53. The molecule has 0 radical (unpaired) electrons. The van der Waals surface area contributed by atoms with Gasteiger partial charge in [0.05, 0.1) is 13.7 Å². The molecule has 1 aliphatic rings. The third kappa shape index (κ3) is 3.67. The number of ether oxygens (including phenoxy) is 1. The summed E-state index contributed by atoms with van der Waals surface area (Å²) in [5.41, 5.74) is 0.888. The Labute approximate surface area is 152 Å². The van der Waals surface area contributed by atoms with Crippen molar-refractivity contribution in [2.45, 2.75) is 6.54 Å². The minimum atomic E-state index is 0.589. The minimum absolute atomic E-state index is 0.589. The zero-order valence-corrected chi connectivity index (χ0v) is 14.7. The van der Waals surface area contributed by atoms with E-state index in [1.165, 1.54) is 0 Å². The molecule has 7 nitrogen and oxygen atoms in total. The highest BCUT2D eigenvalue weighted by Gasteiger charge is 2.20. The highest BCUT2D eigenvalue weighted by atomic mass is 16.5. The van der Waals surface area contributed by atoms with Crippen molar-refractivity contribution in [1.29, 1.82) is 0 Å². The highest BCUT2D eigenvalue weighted by molar-refractivity contribution is 5.56. The van der Waals surface area contributed by atoms with E-state index >= 15 is 0 Å². The van der Waals surface area contributed by atoms with Crippen LogP contribution in [0.15, 0.2) is 53.2 Å². The Bertz CT molecular complexity index is 844. The van der Waals surface area contributed by atoms with Gasteiger partial charge in [-0.05, 0) is 24.3 Å². The number of hydrogen-bond donors (Lipinski definition) is 0. The number of rotatable bonds is 5. The Kier molecular flexibility index (Phi) is 4.79. The van der Waals surface area contributed by atoms with Crippen molar-refractivity contribution < 1.29 is 9.26 Å². The fourth-order valence-corrected chi connectivity index (χ4v) is 3.07. The number of piperazine rings is 1. The summed E-state index contributed by atoms with van der Waals surface area (Å²) < 4.78 is 10.7. The predicted molar refractivity (Wildman–Crippen MR) is 98.0 cm³/mol. The van der Waals surface area contributed by atoms with Crippen molar-refractivity contribution in [3.05, 3.63) is 54.6 Å². The Morgan fingerprint density at radius 1 is 1.08 bits per heavy atom. The molecule has 4 rings (SSSR count). The molecule has 7 heteroatoms. The number of nitrogens with zero attached hydrogens (tertiary/aromatic N) is 5. The van der Waals surface area contributed by atoms with Crippen LogP contribution in [0.4, 0.5) is 5.82 Å². The Hall–Kier alpha value is -2.93. The number of pyridine rings is 1. The SMILES string of the molecule is COc1cccc(-c2noc(CN3CCN(c4ccccn4)CC3)n2)c1. The predicted octanol–water partition coefficient (Wildman–Crippen LogP) is 2.46. The fourth-order valence-electron chi connectivity index (χ4n) is 3.07. The topological polar surface area (TPSA) is 67.5 Å². The van der Waals surface area contributed by atoms with Crippen LogP contribution in [0.2, 0.25) is 0 Å². The number of anilines is 1. The molecule has 1 aliphatic heterocycles. The molecule has 134 valence electrons. The smallest absolute Gasteiger partial charge is 0.241 e. The van der Waals surface area contributed by atoms with E-state index < -0.39 is 0 Å². The Morgan fingerprint density at radius 2 is 1.96 bits per heavy atom. The van der Waals surface area contributed by atoms with E-state index in [1.54, 1.807) is 7.11 Å². The van der Waals surface area contributed by atoms with Crippen LogP contribution in [0.5, 0.6) is 5.75 Å². The maximum Gasteiger partial charge on any atom is 0.241 e. The highest BCUT2D eigenvalue weighted by Crippen LogP contribution is 2.22. The molecule has 2 aromatic heterocycles. The first kappa shape index (κ1) is 16.5. The zero-order valence-electron chi connectivity index (χ0n) is 14.7. The summed E-state index contributed by atoms with van der Waals surface area (Å²) in [6.07, 6.45) is 1.83. The number of hydrogen-bond acceptors (Lipinski definition) is 7. The number of aromatic nitrogens is 3. The van der Waals surface area contributed by atoms with Gasteiger partial charge in [0.15, 0.2) is 0 Å². The molecule has 0 spiro atoms. The molecule has 0 N–H and O–H groups in total. The lowest BCUT2D eigenvalue weighted by Crippen LogP contribution is -2.46. The van der Waals surface area contributed by atoms with Gasteiger partial charge in [-0.15, -0.1) is 0 Å². The quantitative estimate of drug-likeness (QED) is 0.699. The first-order valence-corrected chi connectivity index (χ1v) is 8.67. The molecular weight excluding hydrogens is 330 g/mol. The van der Waals surface area contributed by atoms with Gasteiger partial charge in [-0.25, -0.2) is 4.98 Å².